The zero-order chi connectivity index (χ0) is 21.0. The molecule has 4 rings (SSSR count). The van der Waals surface area contributed by atoms with E-state index < -0.39 is 9.84 Å². The SMILES string of the molecule is CCS(=O)(=O)c1ccc(-c2cnc3ccc(OCCCN4CCCCC4)nn23)cc1. The zero-order valence-corrected chi connectivity index (χ0v) is 18.1. The number of ether oxygens (including phenoxy) is 1. The third-order valence-corrected chi connectivity index (χ3v) is 7.29. The fourth-order valence-corrected chi connectivity index (χ4v) is 4.66. The molecule has 1 aliphatic heterocycles. The molecule has 0 radical (unpaired) electrons. The summed E-state index contributed by atoms with van der Waals surface area (Å²) in [4.78, 5) is 7.23. The Morgan fingerprint density at radius 1 is 1.03 bits per heavy atom. The molecule has 0 spiro atoms. The minimum Gasteiger partial charge on any atom is -0.477 e. The van der Waals surface area contributed by atoms with Crippen LogP contribution in [0.15, 0.2) is 47.5 Å². The average molecular weight is 429 g/mol. The monoisotopic (exact) mass is 428 g/mol. The third kappa shape index (κ3) is 4.65. The van der Waals surface area contributed by atoms with E-state index in [2.05, 4.69) is 15.0 Å². The van der Waals surface area contributed by atoms with Crippen LogP contribution in [0.4, 0.5) is 0 Å². The van der Waals surface area contributed by atoms with Gasteiger partial charge in [-0.15, -0.1) is 5.10 Å². The Morgan fingerprint density at radius 3 is 2.53 bits per heavy atom. The second-order valence-electron chi connectivity index (χ2n) is 7.62. The molecule has 0 unspecified atom stereocenters. The summed E-state index contributed by atoms with van der Waals surface area (Å²) in [6.07, 6.45) is 6.67. The van der Waals surface area contributed by atoms with E-state index in [1.54, 1.807) is 41.9 Å². The molecule has 3 heterocycles. The van der Waals surface area contributed by atoms with E-state index in [0.29, 0.717) is 17.4 Å². The maximum absolute atomic E-state index is 12.0. The summed E-state index contributed by atoms with van der Waals surface area (Å²) >= 11 is 0. The first-order chi connectivity index (χ1) is 14.6. The zero-order valence-electron chi connectivity index (χ0n) is 17.3. The van der Waals surface area contributed by atoms with Gasteiger partial charge in [0.1, 0.15) is 0 Å². The smallest absolute Gasteiger partial charge is 0.231 e. The summed E-state index contributed by atoms with van der Waals surface area (Å²) in [5.74, 6) is 0.646. The van der Waals surface area contributed by atoms with Crippen molar-refractivity contribution < 1.29 is 13.2 Å². The molecule has 1 aromatic carbocycles. The van der Waals surface area contributed by atoms with Crippen molar-refractivity contribution in [2.75, 3.05) is 32.0 Å². The maximum Gasteiger partial charge on any atom is 0.231 e. The molecule has 8 heteroatoms. The van der Waals surface area contributed by atoms with Gasteiger partial charge in [-0.2, -0.15) is 0 Å². The maximum atomic E-state index is 12.0. The van der Waals surface area contributed by atoms with Crippen molar-refractivity contribution in [1.29, 1.82) is 0 Å². The molecule has 0 saturated carbocycles. The summed E-state index contributed by atoms with van der Waals surface area (Å²) in [6, 6.07) is 10.6. The van der Waals surface area contributed by atoms with Crippen molar-refractivity contribution in [3.63, 3.8) is 0 Å². The number of nitrogens with zero attached hydrogens (tertiary/aromatic N) is 4. The van der Waals surface area contributed by atoms with Gasteiger partial charge >= 0.3 is 0 Å². The van der Waals surface area contributed by atoms with Gasteiger partial charge in [-0.1, -0.05) is 25.5 Å². The molecule has 2 aromatic heterocycles. The lowest BCUT2D eigenvalue weighted by Crippen LogP contribution is -2.31. The average Bonchev–Trinajstić information content (AvgIpc) is 3.21. The Balaban J connectivity index is 1.45. The van der Waals surface area contributed by atoms with Crippen molar-refractivity contribution >= 4 is 15.5 Å². The number of likely N-dealkylation sites (tertiary alicyclic amines) is 1. The summed E-state index contributed by atoms with van der Waals surface area (Å²) in [7, 11) is -3.22. The fraction of sp³-hybridized carbons (Fsp3) is 0.455. The van der Waals surface area contributed by atoms with Crippen molar-refractivity contribution in [2.45, 2.75) is 37.5 Å². The largest absolute Gasteiger partial charge is 0.477 e. The van der Waals surface area contributed by atoms with E-state index in [9.17, 15) is 8.42 Å². The molecule has 3 aromatic rings. The number of piperidine rings is 1. The lowest BCUT2D eigenvalue weighted by atomic mass is 10.1. The molecule has 7 nitrogen and oxygen atoms in total. The molecule has 1 aliphatic rings. The van der Waals surface area contributed by atoms with Gasteiger partial charge in [0.15, 0.2) is 15.5 Å². The number of imidazole rings is 1. The minimum absolute atomic E-state index is 0.0853. The van der Waals surface area contributed by atoms with Gasteiger partial charge in [0.05, 0.1) is 29.1 Å². The van der Waals surface area contributed by atoms with E-state index >= 15 is 0 Å². The van der Waals surface area contributed by atoms with Crippen molar-refractivity contribution in [2.24, 2.45) is 0 Å². The van der Waals surface area contributed by atoms with E-state index in [-0.39, 0.29) is 5.75 Å². The number of hydrogen-bond acceptors (Lipinski definition) is 6. The van der Waals surface area contributed by atoms with Gasteiger partial charge in [-0.05, 0) is 50.6 Å². The Hall–Kier alpha value is -2.45. The first kappa shape index (κ1) is 20.8. The molecule has 1 fully saturated rings. The lowest BCUT2D eigenvalue weighted by molar-refractivity contribution is 0.202. The fourth-order valence-electron chi connectivity index (χ4n) is 3.78. The number of rotatable bonds is 8. The Bertz CT molecular complexity index is 1090. The second kappa shape index (κ2) is 9.14. The predicted octanol–water partition coefficient (Wildman–Crippen LogP) is 3.44. The number of aromatic nitrogens is 3. The van der Waals surface area contributed by atoms with Crippen LogP contribution in [0.2, 0.25) is 0 Å². The van der Waals surface area contributed by atoms with Gasteiger partial charge in [0, 0.05) is 18.2 Å². The van der Waals surface area contributed by atoms with Gasteiger partial charge in [-0.25, -0.2) is 17.9 Å². The second-order valence-corrected chi connectivity index (χ2v) is 9.90. The Kier molecular flexibility index (Phi) is 6.34. The predicted molar refractivity (Wildman–Crippen MR) is 117 cm³/mol. The van der Waals surface area contributed by atoms with Crippen LogP contribution < -0.4 is 4.74 Å². The number of sulfone groups is 1. The van der Waals surface area contributed by atoms with Crippen LogP contribution in [-0.2, 0) is 9.84 Å². The third-order valence-electron chi connectivity index (χ3n) is 5.54. The summed E-state index contributed by atoms with van der Waals surface area (Å²) in [5, 5.41) is 4.58. The Labute approximate surface area is 177 Å². The minimum atomic E-state index is -3.22. The highest BCUT2D eigenvalue weighted by atomic mass is 32.2. The van der Waals surface area contributed by atoms with Crippen molar-refractivity contribution in [3.05, 3.63) is 42.6 Å². The van der Waals surface area contributed by atoms with Crippen LogP contribution in [0.1, 0.15) is 32.6 Å². The van der Waals surface area contributed by atoms with Crippen LogP contribution in [0.25, 0.3) is 16.9 Å². The highest BCUT2D eigenvalue weighted by molar-refractivity contribution is 7.91. The van der Waals surface area contributed by atoms with Crippen molar-refractivity contribution in [1.82, 2.24) is 19.5 Å². The standard InChI is InChI=1S/C22H28N4O3S/c1-2-30(27,28)19-9-7-18(8-10-19)20-17-23-21-11-12-22(24-26(20)21)29-16-6-15-25-13-4-3-5-14-25/h7-12,17H,2-6,13-16H2,1H3. The summed E-state index contributed by atoms with van der Waals surface area (Å²) in [6.45, 7) is 5.72. The summed E-state index contributed by atoms with van der Waals surface area (Å²) in [5.41, 5.74) is 2.37. The molecule has 0 atom stereocenters. The van der Waals surface area contributed by atoms with Crippen LogP contribution in [0.3, 0.4) is 0 Å². The van der Waals surface area contributed by atoms with E-state index in [1.165, 1.54) is 32.4 Å². The van der Waals surface area contributed by atoms with Gasteiger partial charge < -0.3 is 9.64 Å². The van der Waals surface area contributed by atoms with Crippen LogP contribution in [-0.4, -0.2) is 59.9 Å². The molecular weight excluding hydrogens is 400 g/mol. The highest BCUT2D eigenvalue weighted by Gasteiger charge is 2.14. The van der Waals surface area contributed by atoms with Gasteiger partial charge in [0.25, 0.3) is 0 Å². The molecule has 30 heavy (non-hydrogen) atoms. The normalized spacial score (nSPS) is 15.5. The van der Waals surface area contributed by atoms with Crippen LogP contribution >= 0.6 is 0 Å². The lowest BCUT2D eigenvalue weighted by Gasteiger charge is -2.26. The topological polar surface area (TPSA) is 76.8 Å². The van der Waals surface area contributed by atoms with Gasteiger partial charge in [0.2, 0.25) is 5.88 Å². The first-order valence-corrected chi connectivity index (χ1v) is 12.3. The molecule has 0 N–H and O–H groups in total. The Morgan fingerprint density at radius 2 is 1.80 bits per heavy atom. The van der Waals surface area contributed by atoms with E-state index in [1.807, 2.05) is 12.1 Å². The molecule has 0 aliphatic carbocycles. The van der Waals surface area contributed by atoms with Crippen LogP contribution in [0.5, 0.6) is 5.88 Å². The number of fused-ring (bicyclic) bond motifs is 1. The molecule has 160 valence electrons. The molecule has 1 saturated heterocycles. The van der Waals surface area contributed by atoms with Crippen molar-refractivity contribution in [3.8, 4) is 17.1 Å². The number of hydrogen-bond donors (Lipinski definition) is 0. The molecular formula is C22H28N4O3S. The van der Waals surface area contributed by atoms with Crippen LogP contribution in [0, 0.1) is 0 Å². The summed E-state index contributed by atoms with van der Waals surface area (Å²) < 4.78 is 31.7. The quantitative estimate of drug-likeness (QED) is 0.512. The van der Waals surface area contributed by atoms with E-state index in [4.69, 9.17) is 4.74 Å². The van der Waals surface area contributed by atoms with E-state index in [0.717, 1.165) is 29.9 Å². The first-order valence-electron chi connectivity index (χ1n) is 10.6. The van der Waals surface area contributed by atoms with Gasteiger partial charge in [-0.3, -0.25) is 0 Å². The highest BCUT2D eigenvalue weighted by Crippen LogP contribution is 2.23. The molecule has 0 amide bonds. The molecule has 0 bridgehead atoms. The number of benzene rings is 1.